The number of rotatable bonds is 8. The number of hydrogen-bond acceptors (Lipinski definition) is 6. The summed E-state index contributed by atoms with van der Waals surface area (Å²) in [5.74, 6) is 1.12. The minimum atomic E-state index is -3.42. The number of hydrogen-bond donors (Lipinski definition) is 1. The van der Waals surface area contributed by atoms with Crippen molar-refractivity contribution < 1.29 is 22.6 Å². The molecule has 0 bridgehead atoms. The highest BCUT2D eigenvalue weighted by Crippen LogP contribution is 2.35. The molecule has 4 rings (SSSR count). The molecule has 1 aliphatic rings. The second-order valence-corrected chi connectivity index (χ2v) is 10.6. The zero-order valence-corrected chi connectivity index (χ0v) is 20.0. The molecule has 178 valence electrons. The normalized spacial score (nSPS) is 16.1. The lowest BCUT2D eigenvalue weighted by Gasteiger charge is -2.23. The van der Waals surface area contributed by atoms with Gasteiger partial charge in [0, 0.05) is 19.5 Å². The first-order valence-electron chi connectivity index (χ1n) is 11.1. The predicted octanol–water partition coefficient (Wildman–Crippen LogP) is 3.26. The second-order valence-electron chi connectivity index (χ2n) is 8.38. The molecule has 0 spiro atoms. The molecular formula is C24H30N2O6S. The number of methoxy groups -OCH3 is 1. The van der Waals surface area contributed by atoms with Crippen molar-refractivity contribution in [3.8, 4) is 11.5 Å². The molecule has 3 aromatic rings. The first kappa shape index (κ1) is 23.4. The molecule has 1 fully saturated rings. The van der Waals surface area contributed by atoms with E-state index in [1.54, 1.807) is 29.9 Å². The minimum absolute atomic E-state index is 0.223. The molecule has 1 N–H and O–H groups in total. The average molecular weight is 475 g/mol. The predicted molar refractivity (Wildman–Crippen MR) is 127 cm³/mol. The van der Waals surface area contributed by atoms with Crippen molar-refractivity contribution in [3.05, 3.63) is 58.0 Å². The summed E-state index contributed by atoms with van der Waals surface area (Å²) in [4.78, 5) is 16.2. The summed E-state index contributed by atoms with van der Waals surface area (Å²) < 4.78 is 42.9. The zero-order chi connectivity index (χ0) is 23.6. The molecule has 0 aliphatic carbocycles. The fraction of sp³-hybridized carbons (Fsp3) is 0.458. The van der Waals surface area contributed by atoms with Crippen molar-refractivity contribution in [2.45, 2.75) is 31.7 Å². The van der Waals surface area contributed by atoms with E-state index in [2.05, 4.69) is 4.98 Å². The first-order chi connectivity index (χ1) is 15.8. The minimum Gasteiger partial charge on any atom is -0.493 e. The number of nitrogens with one attached hydrogen (secondary N) is 1. The molecular weight excluding hydrogens is 444 g/mol. The van der Waals surface area contributed by atoms with Crippen LogP contribution in [0.25, 0.3) is 11.0 Å². The standard InChI is InChI=1S/C24H30N2O6S/c1-4-32-22-14-17(8-9-21(22)30-2)20(15-33(3,28)29)26-19-7-5-6-18(23(19)25-24(26)27)16-10-12-31-13-11-16/h5-9,14,16,20H,4,10-13,15H2,1-3H3,(H,25,27)/t20-/m1/s1. The summed E-state index contributed by atoms with van der Waals surface area (Å²) in [6.07, 6.45) is 2.95. The van der Waals surface area contributed by atoms with E-state index in [9.17, 15) is 13.2 Å². The third kappa shape index (κ3) is 4.94. The van der Waals surface area contributed by atoms with Crippen molar-refractivity contribution in [3.63, 3.8) is 0 Å². The number of nitrogens with zero attached hydrogens (tertiary/aromatic N) is 1. The van der Waals surface area contributed by atoms with Crippen LogP contribution in [0.3, 0.4) is 0 Å². The van der Waals surface area contributed by atoms with E-state index in [0.717, 1.165) is 23.9 Å². The van der Waals surface area contributed by atoms with Gasteiger partial charge in [0.1, 0.15) is 9.84 Å². The van der Waals surface area contributed by atoms with Crippen LogP contribution in [-0.4, -0.2) is 56.9 Å². The number of benzene rings is 2. The van der Waals surface area contributed by atoms with Crippen molar-refractivity contribution >= 4 is 20.9 Å². The molecule has 0 unspecified atom stereocenters. The van der Waals surface area contributed by atoms with Gasteiger partial charge in [-0.15, -0.1) is 0 Å². The Kier molecular flexibility index (Phi) is 6.81. The van der Waals surface area contributed by atoms with Gasteiger partial charge in [-0.2, -0.15) is 0 Å². The van der Waals surface area contributed by atoms with Gasteiger partial charge in [0.15, 0.2) is 11.5 Å². The molecule has 1 aliphatic heterocycles. The van der Waals surface area contributed by atoms with Gasteiger partial charge in [-0.3, -0.25) is 4.57 Å². The first-order valence-corrected chi connectivity index (χ1v) is 13.2. The maximum atomic E-state index is 13.2. The molecule has 2 heterocycles. The highest BCUT2D eigenvalue weighted by atomic mass is 32.2. The number of aromatic amines is 1. The lowest BCUT2D eigenvalue weighted by molar-refractivity contribution is 0.0856. The molecule has 0 radical (unpaired) electrons. The smallest absolute Gasteiger partial charge is 0.327 e. The molecule has 9 heteroatoms. The Labute approximate surface area is 193 Å². The fourth-order valence-corrected chi connectivity index (χ4v) is 5.52. The highest BCUT2D eigenvalue weighted by Gasteiger charge is 2.27. The summed E-state index contributed by atoms with van der Waals surface area (Å²) in [5, 5.41) is 0. The van der Waals surface area contributed by atoms with Crippen LogP contribution in [0.5, 0.6) is 11.5 Å². The van der Waals surface area contributed by atoms with E-state index in [1.807, 2.05) is 25.1 Å². The number of fused-ring (bicyclic) bond motifs is 1. The molecule has 33 heavy (non-hydrogen) atoms. The van der Waals surface area contributed by atoms with Crippen molar-refractivity contribution in [2.24, 2.45) is 0 Å². The number of imidazole rings is 1. The quantitative estimate of drug-likeness (QED) is 0.538. The van der Waals surface area contributed by atoms with Crippen LogP contribution in [0, 0.1) is 0 Å². The van der Waals surface area contributed by atoms with E-state index in [0.29, 0.717) is 42.4 Å². The van der Waals surface area contributed by atoms with Crippen LogP contribution in [0.2, 0.25) is 0 Å². The Morgan fingerprint density at radius 1 is 1.18 bits per heavy atom. The molecule has 8 nitrogen and oxygen atoms in total. The van der Waals surface area contributed by atoms with Crippen LogP contribution >= 0.6 is 0 Å². The molecule has 1 aromatic heterocycles. The van der Waals surface area contributed by atoms with Crippen molar-refractivity contribution in [2.75, 3.05) is 38.9 Å². The monoisotopic (exact) mass is 474 g/mol. The highest BCUT2D eigenvalue weighted by molar-refractivity contribution is 7.90. The van der Waals surface area contributed by atoms with Crippen LogP contribution in [0.15, 0.2) is 41.2 Å². The summed E-state index contributed by atoms with van der Waals surface area (Å²) in [5.41, 5.74) is 2.82. The molecule has 1 atom stereocenters. The third-order valence-electron chi connectivity index (χ3n) is 6.09. The van der Waals surface area contributed by atoms with E-state index in [1.165, 1.54) is 6.26 Å². The number of para-hydroxylation sites is 1. The molecule has 0 saturated carbocycles. The van der Waals surface area contributed by atoms with Gasteiger partial charge >= 0.3 is 5.69 Å². The summed E-state index contributed by atoms with van der Waals surface area (Å²) in [7, 11) is -1.87. The van der Waals surface area contributed by atoms with Crippen LogP contribution in [-0.2, 0) is 14.6 Å². The van der Waals surface area contributed by atoms with Crippen LogP contribution in [0.1, 0.15) is 42.9 Å². The molecule has 0 amide bonds. The lowest BCUT2D eigenvalue weighted by Crippen LogP contribution is -2.28. The number of aromatic nitrogens is 2. The molecule has 2 aromatic carbocycles. The number of sulfone groups is 1. The van der Waals surface area contributed by atoms with E-state index in [-0.39, 0.29) is 17.4 Å². The Bertz CT molecular complexity index is 1290. The third-order valence-corrected chi connectivity index (χ3v) is 7.01. The van der Waals surface area contributed by atoms with Gasteiger partial charge in [0.05, 0.1) is 36.5 Å². The van der Waals surface area contributed by atoms with Gasteiger partial charge in [0.2, 0.25) is 0 Å². The topological polar surface area (TPSA) is 99.6 Å². The van der Waals surface area contributed by atoms with E-state index >= 15 is 0 Å². The zero-order valence-electron chi connectivity index (χ0n) is 19.2. The maximum absolute atomic E-state index is 13.2. The van der Waals surface area contributed by atoms with Gasteiger partial charge in [-0.25, -0.2) is 13.2 Å². The summed E-state index contributed by atoms with van der Waals surface area (Å²) in [6.45, 7) is 3.67. The van der Waals surface area contributed by atoms with Gasteiger partial charge in [-0.05, 0) is 55.0 Å². The second kappa shape index (κ2) is 9.61. The fourth-order valence-electron chi connectivity index (χ4n) is 4.60. The average Bonchev–Trinajstić information content (AvgIpc) is 3.13. The molecule has 1 saturated heterocycles. The van der Waals surface area contributed by atoms with Gasteiger partial charge < -0.3 is 19.2 Å². The lowest BCUT2D eigenvalue weighted by atomic mass is 9.91. The van der Waals surface area contributed by atoms with Crippen LogP contribution < -0.4 is 15.2 Å². The number of H-pyrrole nitrogens is 1. The Morgan fingerprint density at radius 3 is 2.61 bits per heavy atom. The summed E-state index contributed by atoms with van der Waals surface area (Å²) >= 11 is 0. The van der Waals surface area contributed by atoms with Crippen molar-refractivity contribution in [1.29, 1.82) is 0 Å². The van der Waals surface area contributed by atoms with Crippen molar-refractivity contribution in [1.82, 2.24) is 9.55 Å². The van der Waals surface area contributed by atoms with Gasteiger partial charge in [-0.1, -0.05) is 18.2 Å². The van der Waals surface area contributed by atoms with E-state index in [4.69, 9.17) is 14.2 Å². The summed E-state index contributed by atoms with van der Waals surface area (Å²) in [6, 6.07) is 10.4. The Morgan fingerprint density at radius 2 is 1.94 bits per heavy atom. The maximum Gasteiger partial charge on any atom is 0.327 e. The van der Waals surface area contributed by atoms with Gasteiger partial charge in [0.25, 0.3) is 0 Å². The Balaban J connectivity index is 1.88. The van der Waals surface area contributed by atoms with E-state index < -0.39 is 15.9 Å². The SMILES string of the molecule is CCOc1cc([C@@H](CS(C)(=O)=O)n2c(=O)[nH]c3c(C4CCOCC4)cccc32)ccc1OC. The Hall–Kier alpha value is -2.78. The number of ether oxygens (including phenoxy) is 3. The van der Waals surface area contributed by atoms with Crippen LogP contribution in [0.4, 0.5) is 0 Å². The largest absolute Gasteiger partial charge is 0.493 e.